The predicted molar refractivity (Wildman–Crippen MR) is 99.3 cm³/mol. The van der Waals surface area contributed by atoms with E-state index in [-0.39, 0.29) is 11.9 Å². The van der Waals surface area contributed by atoms with Crippen molar-refractivity contribution in [2.24, 2.45) is 16.6 Å². The molecule has 2 aliphatic heterocycles. The van der Waals surface area contributed by atoms with Crippen LogP contribution in [0.3, 0.4) is 0 Å². The van der Waals surface area contributed by atoms with Gasteiger partial charge in [0.15, 0.2) is 5.96 Å². The van der Waals surface area contributed by atoms with Gasteiger partial charge in [-0.1, -0.05) is 12.2 Å². The van der Waals surface area contributed by atoms with E-state index in [1.165, 1.54) is 12.1 Å². The number of hydrogen-bond donors (Lipinski definition) is 1. The molecule has 0 saturated carbocycles. The van der Waals surface area contributed by atoms with Crippen molar-refractivity contribution in [3.05, 3.63) is 42.2 Å². The Balaban J connectivity index is 1.51. The third-order valence-electron chi connectivity index (χ3n) is 4.98. The van der Waals surface area contributed by atoms with Crippen LogP contribution in [0.5, 0.6) is 0 Å². The maximum Gasteiger partial charge on any atom is 0.191 e. The molecular formula is C19H27FN4O. The zero-order valence-corrected chi connectivity index (χ0v) is 14.8. The highest BCUT2D eigenvalue weighted by molar-refractivity contribution is 5.78. The standard InChI is InChI=1S/C19H27FN4O/c1-14(2)18-15(7-12-25-18)13-22-19(21)24-10-8-23(9-11-24)17-5-3-16(20)4-6-17/h3-6,15,18H,1,7-13H2,2H3,(H2,21,22). The summed E-state index contributed by atoms with van der Waals surface area (Å²) in [4.78, 5) is 8.96. The summed E-state index contributed by atoms with van der Waals surface area (Å²) in [5.41, 5.74) is 8.30. The maximum atomic E-state index is 13.0. The monoisotopic (exact) mass is 346 g/mol. The number of aliphatic imine (C=N–C) groups is 1. The third kappa shape index (κ3) is 4.31. The Hall–Kier alpha value is -2.08. The van der Waals surface area contributed by atoms with Crippen LogP contribution >= 0.6 is 0 Å². The highest BCUT2D eigenvalue weighted by Gasteiger charge is 2.28. The first-order valence-corrected chi connectivity index (χ1v) is 8.87. The molecule has 5 nitrogen and oxygen atoms in total. The number of nitrogens with zero attached hydrogens (tertiary/aromatic N) is 3. The molecule has 0 spiro atoms. The molecule has 0 amide bonds. The SMILES string of the molecule is C=C(C)C1OCCC1CN=C(N)N1CCN(c2ccc(F)cc2)CC1. The highest BCUT2D eigenvalue weighted by atomic mass is 19.1. The van der Waals surface area contributed by atoms with E-state index < -0.39 is 0 Å². The molecule has 0 radical (unpaired) electrons. The minimum Gasteiger partial charge on any atom is -0.374 e. The van der Waals surface area contributed by atoms with Crippen molar-refractivity contribution in [2.75, 3.05) is 44.2 Å². The average molecular weight is 346 g/mol. The van der Waals surface area contributed by atoms with Crippen molar-refractivity contribution in [3.63, 3.8) is 0 Å². The van der Waals surface area contributed by atoms with Crippen molar-refractivity contribution in [1.82, 2.24) is 4.90 Å². The molecule has 3 rings (SSSR count). The fourth-order valence-corrected chi connectivity index (χ4v) is 3.52. The number of halogens is 1. The number of piperazine rings is 1. The Morgan fingerprint density at radius 3 is 2.60 bits per heavy atom. The number of anilines is 1. The largest absolute Gasteiger partial charge is 0.374 e. The number of guanidine groups is 1. The second kappa shape index (κ2) is 7.87. The first-order chi connectivity index (χ1) is 12.0. The van der Waals surface area contributed by atoms with Gasteiger partial charge in [0.05, 0.1) is 6.10 Å². The molecule has 1 aromatic carbocycles. The summed E-state index contributed by atoms with van der Waals surface area (Å²) in [7, 11) is 0. The van der Waals surface area contributed by atoms with Crippen LogP contribution < -0.4 is 10.6 Å². The lowest BCUT2D eigenvalue weighted by atomic mass is 9.97. The van der Waals surface area contributed by atoms with Gasteiger partial charge in [-0.25, -0.2) is 4.39 Å². The van der Waals surface area contributed by atoms with E-state index in [0.29, 0.717) is 18.4 Å². The maximum absolute atomic E-state index is 13.0. The lowest BCUT2D eigenvalue weighted by Crippen LogP contribution is -2.51. The highest BCUT2D eigenvalue weighted by Crippen LogP contribution is 2.26. The molecule has 2 saturated heterocycles. The third-order valence-corrected chi connectivity index (χ3v) is 4.98. The molecule has 136 valence electrons. The fourth-order valence-electron chi connectivity index (χ4n) is 3.52. The van der Waals surface area contributed by atoms with Gasteiger partial charge >= 0.3 is 0 Å². The van der Waals surface area contributed by atoms with Gasteiger partial charge in [0, 0.05) is 50.9 Å². The fraction of sp³-hybridized carbons (Fsp3) is 0.526. The van der Waals surface area contributed by atoms with Crippen LogP contribution in [0.1, 0.15) is 13.3 Å². The zero-order valence-electron chi connectivity index (χ0n) is 14.8. The molecule has 2 fully saturated rings. The Bertz CT molecular complexity index is 623. The van der Waals surface area contributed by atoms with Crippen LogP contribution in [0.15, 0.2) is 41.4 Å². The van der Waals surface area contributed by atoms with Gasteiger partial charge in [-0.05, 0) is 37.6 Å². The summed E-state index contributed by atoms with van der Waals surface area (Å²) in [6, 6.07) is 6.64. The number of ether oxygens (including phenoxy) is 1. The number of nitrogens with two attached hydrogens (primary N) is 1. The topological polar surface area (TPSA) is 54.1 Å². The van der Waals surface area contributed by atoms with Gasteiger partial charge in [-0.15, -0.1) is 0 Å². The van der Waals surface area contributed by atoms with Gasteiger partial charge in [-0.2, -0.15) is 0 Å². The zero-order chi connectivity index (χ0) is 17.8. The van der Waals surface area contributed by atoms with E-state index >= 15 is 0 Å². The molecule has 6 heteroatoms. The Morgan fingerprint density at radius 1 is 1.28 bits per heavy atom. The Labute approximate surface area is 149 Å². The molecule has 2 atom stereocenters. The Kier molecular flexibility index (Phi) is 5.58. The van der Waals surface area contributed by atoms with E-state index in [1.54, 1.807) is 0 Å². The lowest BCUT2D eigenvalue weighted by Gasteiger charge is -2.36. The summed E-state index contributed by atoms with van der Waals surface area (Å²) in [6.45, 7) is 10.8. The van der Waals surface area contributed by atoms with Crippen LogP contribution in [0, 0.1) is 11.7 Å². The molecule has 2 N–H and O–H groups in total. The molecule has 0 aliphatic carbocycles. The summed E-state index contributed by atoms with van der Waals surface area (Å²) in [5.74, 6) is 0.769. The molecule has 2 unspecified atom stereocenters. The predicted octanol–water partition coefficient (Wildman–Crippen LogP) is 2.24. The second-order valence-corrected chi connectivity index (χ2v) is 6.84. The van der Waals surface area contributed by atoms with Crippen molar-refractivity contribution in [1.29, 1.82) is 0 Å². The summed E-state index contributed by atoms with van der Waals surface area (Å²) < 4.78 is 18.8. The molecular weight excluding hydrogens is 319 g/mol. The van der Waals surface area contributed by atoms with Gasteiger partial charge in [0.1, 0.15) is 5.82 Å². The molecule has 0 bridgehead atoms. The number of benzene rings is 1. The molecule has 25 heavy (non-hydrogen) atoms. The normalized spacial score (nSPS) is 24.6. The number of hydrogen-bond acceptors (Lipinski definition) is 3. The van der Waals surface area contributed by atoms with Crippen molar-refractivity contribution >= 4 is 11.6 Å². The Morgan fingerprint density at radius 2 is 1.96 bits per heavy atom. The first kappa shape index (κ1) is 17.7. The van der Waals surface area contributed by atoms with E-state index in [4.69, 9.17) is 10.5 Å². The molecule has 2 aliphatic rings. The van der Waals surface area contributed by atoms with Crippen LogP contribution in [-0.2, 0) is 4.74 Å². The minimum absolute atomic E-state index is 0.104. The van der Waals surface area contributed by atoms with Crippen LogP contribution in [0.4, 0.5) is 10.1 Å². The van der Waals surface area contributed by atoms with E-state index in [2.05, 4.69) is 21.4 Å². The van der Waals surface area contributed by atoms with Crippen molar-refractivity contribution in [2.45, 2.75) is 19.4 Å². The van der Waals surface area contributed by atoms with E-state index in [1.807, 2.05) is 19.1 Å². The molecule has 2 heterocycles. The second-order valence-electron chi connectivity index (χ2n) is 6.84. The van der Waals surface area contributed by atoms with Gasteiger partial charge in [0.2, 0.25) is 0 Å². The minimum atomic E-state index is -0.206. The van der Waals surface area contributed by atoms with Gasteiger partial charge < -0.3 is 20.3 Å². The quantitative estimate of drug-likeness (QED) is 0.516. The van der Waals surface area contributed by atoms with E-state index in [0.717, 1.165) is 50.5 Å². The van der Waals surface area contributed by atoms with E-state index in [9.17, 15) is 4.39 Å². The first-order valence-electron chi connectivity index (χ1n) is 8.87. The van der Waals surface area contributed by atoms with Gasteiger partial charge in [-0.3, -0.25) is 4.99 Å². The van der Waals surface area contributed by atoms with Crippen LogP contribution in [0.25, 0.3) is 0 Å². The summed E-state index contributed by atoms with van der Waals surface area (Å²) in [6.07, 6.45) is 1.11. The lowest BCUT2D eigenvalue weighted by molar-refractivity contribution is 0.120. The summed E-state index contributed by atoms with van der Waals surface area (Å²) in [5, 5.41) is 0. The average Bonchev–Trinajstić information content (AvgIpc) is 3.09. The van der Waals surface area contributed by atoms with Crippen LogP contribution in [-0.4, -0.2) is 56.3 Å². The molecule has 1 aromatic rings. The smallest absolute Gasteiger partial charge is 0.191 e. The van der Waals surface area contributed by atoms with Gasteiger partial charge in [0.25, 0.3) is 0 Å². The van der Waals surface area contributed by atoms with Crippen molar-refractivity contribution < 1.29 is 9.13 Å². The van der Waals surface area contributed by atoms with Crippen molar-refractivity contribution in [3.8, 4) is 0 Å². The molecule has 0 aromatic heterocycles. The summed E-state index contributed by atoms with van der Waals surface area (Å²) >= 11 is 0. The van der Waals surface area contributed by atoms with Crippen LogP contribution in [0.2, 0.25) is 0 Å². The number of rotatable bonds is 4.